The van der Waals surface area contributed by atoms with Gasteiger partial charge >= 0.3 is 0 Å². The van der Waals surface area contributed by atoms with E-state index in [4.69, 9.17) is 0 Å². The van der Waals surface area contributed by atoms with Crippen LogP contribution in [0.25, 0.3) is 0 Å². The summed E-state index contributed by atoms with van der Waals surface area (Å²) in [7, 11) is 0. The molecule has 4 heteroatoms. The topological polar surface area (TPSA) is 17.1 Å². The maximum atomic E-state index is 12.6. The van der Waals surface area contributed by atoms with Gasteiger partial charge in [-0.05, 0) is 12.3 Å². The Kier molecular flexibility index (Phi) is 10.1. The molecule has 1 aliphatic heterocycles. The molecule has 0 aromatic rings. The van der Waals surface area contributed by atoms with E-state index in [1.54, 1.807) is 22.8 Å². The van der Waals surface area contributed by atoms with Crippen LogP contribution in [-0.2, 0) is 4.57 Å². The summed E-state index contributed by atoms with van der Waals surface area (Å²) >= 11 is 3.53. The van der Waals surface area contributed by atoms with Gasteiger partial charge in [0.05, 0.1) is 0 Å². The van der Waals surface area contributed by atoms with Gasteiger partial charge in [0, 0.05) is 17.7 Å². The molecule has 0 aromatic heterocycles. The Balaban J connectivity index is 2.01. The summed E-state index contributed by atoms with van der Waals surface area (Å²) < 4.78 is 12.6. The van der Waals surface area contributed by atoms with Crippen molar-refractivity contribution in [2.45, 2.75) is 71.6 Å². The average molecular weight is 323 g/mol. The highest BCUT2D eigenvalue weighted by Crippen LogP contribution is 2.72. The Morgan fingerprint density at radius 2 is 1.58 bits per heavy atom. The van der Waals surface area contributed by atoms with Crippen LogP contribution in [0.1, 0.15) is 71.6 Å². The summed E-state index contributed by atoms with van der Waals surface area (Å²) in [4.78, 5) is 0. The van der Waals surface area contributed by atoms with E-state index in [2.05, 4.69) is 13.8 Å². The summed E-state index contributed by atoms with van der Waals surface area (Å²) in [6.45, 7) is 4.57. The third-order valence-electron chi connectivity index (χ3n) is 3.70. The third kappa shape index (κ3) is 8.73. The lowest BCUT2D eigenvalue weighted by molar-refractivity contribution is 0.508. The van der Waals surface area contributed by atoms with Gasteiger partial charge in [0.25, 0.3) is 0 Å². The second-order valence-corrected chi connectivity index (χ2v) is 14.5. The zero-order valence-electron chi connectivity index (χ0n) is 12.7. The first-order valence-corrected chi connectivity index (χ1v) is 13.1. The van der Waals surface area contributed by atoms with Crippen LogP contribution in [-0.4, -0.2) is 17.7 Å². The molecule has 0 radical (unpaired) electrons. The van der Waals surface area contributed by atoms with Crippen molar-refractivity contribution >= 4 is 28.3 Å². The van der Waals surface area contributed by atoms with E-state index in [1.165, 1.54) is 57.8 Å². The van der Waals surface area contributed by atoms with Gasteiger partial charge in [-0.1, -0.05) is 88.0 Å². The van der Waals surface area contributed by atoms with Crippen molar-refractivity contribution in [3.05, 3.63) is 0 Å². The Hall–Kier alpha value is 0.930. The minimum Gasteiger partial charge on any atom is -0.300 e. The fraction of sp³-hybridized carbons (Fsp3) is 1.00. The van der Waals surface area contributed by atoms with Gasteiger partial charge in [-0.2, -0.15) is 0 Å². The zero-order valence-corrected chi connectivity index (χ0v) is 15.3. The summed E-state index contributed by atoms with van der Waals surface area (Å²) in [6.07, 6.45) is 13.1. The molecule has 0 amide bonds. The van der Waals surface area contributed by atoms with Crippen molar-refractivity contribution in [3.63, 3.8) is 0 Å². The maximum absolute atomic E-state index is 12.6. The second-order valence-electron chi connectivity index (χ2n) is 5.83. The number of hydrogen-bond donors (Lipinski definition) is 0. The van der Waals surface area contributed by atoms with E-state index in [0.717, 1.165) is 17.7 Å². The molecule has 1 heterocycles. The lowest BCUT2D eigenvalue weighted by Gasteiger charge is -2.24. The highest BCUT2D eigenvalue weighted by molar-refractivity contribution is 8.90. The van der Waals surface area contributed by atoms with Crippen LogP contribution in [0.15, 0.2) is 0 Å². The SMILES string of the molecule is CCCCCCCCCC(C)CP1(=O)SCCCS1. The van der Waals surface area contributed by atoms with Gasteiger partial charge in [-0.3, -0.25) is 0 Å². The van der Waals surface area contributed by atoms with Gasteiger partial charge in [-0.25, -0.2) is 0 Å². The van der Waals surface area contributed by atoms with Crippen LogP contribution in [0.4, 0.5) is 0 Å². The van der Waals surface area contributed by atoms with Crippen molar-refractivity contribution in [3.8, 4) is 0 Å². The standard InChI is InChI=1S/C15H31OPS2/c1-3-4-5-6-7-8-9-11-15(2)14-17(16)18-12-10-13-19-17/h15H,3-14H2,1-2H3. The number of hydrogen-bond acceptors (Lipinski definition) is 3. The van der Waals surface area contributed by atoms with E-state index < -0.39 is 5.55 Å². The summed E-state index contributed by atoms with van der Waals surface area (Å²) in [5.41, 5.74) is -1.91. The van der Waals surface area contributed by atoms with Crippen molar-refractivity contribution in [2.75, 3.05) is 17.7 Å². The zero-order chi connectivity index (χ0) is 14.0. The summed E-state index contributed by atoms with van der Waals surface area (Å²) in [6, 6.07) is 0. The first-order chi connectivity index (χ1) is 9.16. The molecule has 0 bridgehead atoms. The van der Waals surface area contributed by atoms with Gasteiger partial charge in [0.2, 0.25) is 0 Å². The molecule has 1 atom stereocenters. The molecule has 0 aliphatic carbocycles. The predicted octanol–water partition coefficient (Wildman–Crippen LogP) is 6.83. The van der Waals surface area contributed by atoms with Crippen molar-refractivity contribution in [1.29, 1.82) is 0 Å². The van der Waals surface area contributed by atoms with Crippen LogP contribution in [0, 0.1) is 5.92 Å². The Bertz CT molecular complexity index is 261. The summed E-state index contributed by atoms with van der Waals surface area (Å²) in [5, 5.41) is 0. The molecule has 114 valence electrons. The molecule has 0 aromatic carbocycles. The van der Waals surface area contributed by atoms with Gasteiger partial charge in [-0.15, -0.1) is 0 Å². The Labute approximate surface area is 128 Å². The molecule has 1 fully saturated rings. The largest absolute Gasteiger partial charge is 0.300 e. The van der Waals surface area contributed by atoms with E-state index >= 15 is 0 Å². The molecule has 1 nitrogen and oxygen atoms in total. The van der Waals surface area contributed by atoms with Crippen LogP contribution in [0.5, 0.6) is 0 Å². The Morgan fingerprint density at radius 3 is 2.21 bits per heavy atom. The molecule has 1 saturated heterocycles. The predicted molar refractivity (Wildman–Crippen MR) is 93.8 cm³/mol. The first kappa shape index (κ1) is 18.0. The highest BCUT2D eigenvalue weighted by atomic mass is 33.1. The lowest BCUT2D eigenvalue weighted by atomic mass is 10.0. The Morgan fingerprint density at radius 1 is 1.00 bits per heavy atom. The average Bonchev–Trinajstić information content (AvgIpc) is 2.38. The fourth-order valence-corrected chi connectivity index (χ4v) is 11.9. The molecule has 1 unspecified atom stereocenters. The molecule has 19 heavy (non-hydrogen) atoms. The lowest BCUT2D eigenvalue weighted by Crippen LogP contribution is -2.03. The van der Waals surface area contributed by atoms with Crippen LogP contribution >= 0.6 is 28.3 Å². The molecule has 0 N–H and O–H groups in total. The summed E-state index contributed by atoms with van der Waals surface area (Å²) in [5.74, 6) is 2.89. The minimum atomic E-state index is -1.91. The molecule has 1 aliphatic rings. The van der Waals surface area contributed by atoms with Crippen LogP contribution in [0.2, 0.25) is 0 Å². The fourth-order valence-electron chi connectivity index (χ4n) is 2.53. The van der Waals surface area contributed by atoms with Crippen LogP contribution < -0.4 is 0 Å². The quantitative estimate of drug-likeness (QED) is 0.324. The smallest absolute Gasteiger partial charge is 0.191 e. The van der Waals surface area contributed by atoms with Crippen molar-refractivity contribution in [1.82, 2.24) is 0 Å². The van der Waals surface area contributed by atoms with E-state index in [1.807, 2.05) is 0 Å². The van der Waals surface area contributed by atoms with Crippen molar-refractivity contribution < 1.29 is 4.57 Å². The molecule has 1 rings (SSSR count). The third-order valence-corrected chi connectivity index (χ3v) is 12.7. The van der Waals surface area contributed by atoms with Crippen molar-refractivity contribution in [2.24, 2.45) is 5.92 Å². The minimum absolute atomic E-state index is 0.652. The molecular weight excluding hydrogens is 291 g/mol. The molecular formula is C15H31OPS2. The molecule has 0 spiro atoms. The van der Waals surface area contributed by atoms with Crippen LogP contribution in [0.3, 0.4) is 0 Å². The highest BCUT2D eigenvalue weighted by Gasteiger charge is 2.28. The monoisotopic (exact) mass is 322 g/mol. The van der Waals surface area contributed by atoms with Gasteiger partial charge in [0.15, 0.2) is 5.55 Å². The van der Waals surface area contributed by atoms with E-state index in [-0.39, 0.29) is 0 Å². The van der Waals surface area contributed by atoms with E-state index in [0.29, 0.717) is 5.92 Å². The normalized spacial score (nSPS) is 20.3. The maximum Gasteiger partial charge on any atom is 0.191 e. The second kappa shape index (κ2) is 10.6. The number of rotatable bonds is 10. The number of unbranched alkanes of at least 4 members (excludes halogenated alkanes) is 6. The first-order valence-electron chi connectivity index (χ1n) is 8.04. The van der Waals surface area contributed by atoms with Gasteiger partial charge in [0.1, 0.15) is 0 Å². The molecule has 0 saturated carbocycles. The van der Waals surface area contributed by atoms with E-state index in [9.17, 15) is 4.57 Å². The van der Waals surface area contributed by atoms with Gasteiger partial charge < -0.3 is 4.57 Å².